The van der Waals surface area contributed by atoms with Crippen LogP contribution in [0.25, 0.3) is 0 Å². The molecule has 0 fully saturated rings. The maximum Gasteiger partial charge on any atom is 0.118 e. The van der Waals surface area contributed by atoms with E-state index in [2.05, 4.69) is 35.0 Å². The summed E-state index contributed by atoms with van der Waals surface area (Å²) in [6, 6.07) is 14.0. The Morgan fingerprint density at radius 3 is 2.39 bits per heavy atom. The Morgan fingerprint density at radius 1 is 1.11 bits per heavy atom. The number of hydrogen-bond donors (Lipinski definition) is 0. The molecule has 94 valence electrons. The highest BCUT2D eigenvalue weighted by Crippen LogP contribution is 2.34. The number of hydrogen-bond acceptors (Lipinski definition) is 1. The zero-order chi connectivity index (χ0) is 13.1. The van der Waals surface area contributed by atoms with Gasteiger partial charge in [0.2, 0.25) is 0 Å². The molecule has 0 N–H and O–H groups in total. The van der Waals surface area contributed by atoms with Gasteiger partial charge in [-0.25, -0.2) is 0 Å². The third kappa shape index (κ3) is 2.88. The quantitative estimate of drug-likeness (QED) is 0.710. The van der Waals surface area contributed by atoms with E-state index in [0.29, 0.717) is 0 Å². The van der Waals surface area contributed by atoms with Crippen molar-refractivity contribution in [1.82, 2.24) is 0 Å². The van der Waals surface area contributed by atoms with Crippen molar-refractivity contribution in [2.24, 2.45) is 0 Å². The second-order valence-corrected chi connectivity index (χ2v) is 5.49. The maximum atomic E-state index is 6.06. The molecule has 1 unspecified atom stereocenters. The van der Waals surface area contributed by atoms with Crippen molar-refractivity contribution in [2.75, 3.05) is 7.11 Å². The van der Waals surface area contributed by atoms with E-state index >= 15 is 0 Å². The van der Waals surface area contributed by atoms with Gasteiger partial charge in [0.1, 0.15) is 5.75 Å². The highest BCUT2D eigenvalue weighted by atomic mass is 79.9. The smallest absolute Gasteiger partial charge is 0.118 e. The van der Waals surface area contributed by atoms with E-state index in [-0.39, 0.29) is 4.83 Å². The summed E-state index contributed by atoms with van der Waals surface area (Å²) in [5.41, 5.74) is 3.59. The Labute approximate surface area is 121 Å². The lowest BCUT2D eigenvalue weighted by atomic mass is 10.0. The van der Waals surface area contributed by atoms with Crippen molar-refractivity contribution in [2.45, 2.75) is 11.8 Å². The standard InChI is InChI=1S/C15H14BrClO/c1-10-3-6-12(17)9-14(10)15(16)11-4-7-13(18-2)8-5-11/h3-9,15H,1-2H3. The van der Waals surface area contributed by atoms with Gasteiger partial charge in [-0.05, 0) is 47.9 Å². The molecule has 0 saturated carbocycles. The van der Waals surface area contributed by atoms with Crippen LogP contribution in [0.3, 0.4) is 0 Å². The van der Waals surface area contributed by atoms with E-state index in [1.54, 1.807) is 7.11 Å². The fourth-order valence-corrected chi connectivity index (χ4v) is 2.82. The summed E-state index contributed by atoms with van der Waals surface area (Å²) >= 11 is 9.78. The van der Waals surface area contributed by atoms with Gasteiger partial charge in [0.25, 0.3) is 0 Å². The monoisotopic (exact) mass is 324 g/mol. The summed E-state index contributed by atoms with van der Waals surface area (Å²) in [5, 5.41) is 0.758. The van der Waals surface area contributed by atoms with Crippen LogP contribution < -0.4 is 4.74 Å². The molecule has 0 radical (unpaired) electrons. The summed E-state index contributed by atoms with van der Waals surface area (Å²) in [6.07, 6.45) is 0. The molecule has 0 aliphatic carbocycles. The van der Waals surface area contributed by atoms with Crippen LogP contribution in [-0.2, 0) is 0 Å². The second-order valence-electron chi connectivity index (χ2n) is 4.14. The van der Waals surface area contributed by atoms with E-state index in [0.717, 1.165) is 10.8 Å². The largest absolute Gasteiger partial charge is 0.497 e. The number of methoxy groups -OCH3 is 1. The third-order valence-electron chi connectivity index (χ3n) is 2.92. The topological polar surface area (TPSA) is 9.23 Å². The minimum Gasteiger partial charge on any atom is -0.497 e. The van der Waals surface area contributed by atoms with E-state index in [1.165, 1.54) is 16.7 Å². The minimum absolute atomic E-state index is 0.141. The summed E-state index contributed by atoms with van der Waals surface area (Å²) < 4.78 is 5.16. The van der Waals surface area contributed by atoms with Gasteiger partial charge in [-0.3, -0.25) is 0 Å². The van der Waals surface area contributed by atoms with Crippen LogP contribution in [0.5, 0.6) is 5.75 Å². The van der Waals surface area contributed by atoms with Crippen LogP contribution in [-0.4, -0.2) is 7.11 Å². The molecule has 0 heterocycles. The number of ether oxygens (including phenoxy) is 1. The van der Waals surface area contributed by atoms with E-state index in [9.17, 15) is 0 Å². The lowest BCUT2D eigenvalue weighted by Crippen LogP contribution is -1.96. The number of rotatable bonds is 3. The molecule has 1 nitrogen and oxygen atoms in total. The average Bonchev–Trinajstić information content (AvgIpc) is 2.41. The van der Waals surface area contributed by atoms with Crippen LogP contribution in [0.1, 0.15) is 21.5 Å². The molecule has 0 bridgehead atoms. The predicted octanol–water partition coefficient (Wildman–Crippen LogP) is 5.14. The van der Waals surface area contributed by atoms with Gasteiger partial charge in [-0.15, -0.1) is 0 Å². The Morgan fingerprint density at radius 2 is 1.78 bits per heavy atom. The molecule has 0 aromatic heterocycles. The highest BCUT2D eigenvalue weighted by molar-refractivity contribution is 9.09. The van der Waals surface area contributed by atoms with Crippen LogP contribution in [0, 0.1) is 6.92 Å². The fraction of sp³-hybridized carbons (Fsp3) is 0.200. The molecular formula is C15H14BrClO. The Hall–Kier alpha value is -0.990. The Balaban J connectivity index is 2.34. The molecule has 0 aliphatic heterocycles. The van der Waals surface area contributed by atoms with E-state index in [4.69, 9.17) is 16.3 Å². The van der Waals surface area contributed by atoms with Crippen LogP contribution in [0.15, 0.2) is 42.5 Å². The van der Waals surface area contributed by atoms with Gasteiger partial charge >= 0.3 is 0 Å². The molecule has 0 aliphatic rings. The molecule has 1 atom stereocenters. The molecule has 2 rings (SSSR count). The van der Waals surface area contributed by atoms with Crippen molar-refractivity contribution < 1.29 is 4.74 Å². The van der Waals surface area contributed by atoms with Gasteiger partial charge in [0.05, 0.1) is 11.9 Å². The van der Waals surface area contributed by atoms with Crippen LogP contribution in [0.4, 0.5) is 0 Å². The molecular weight excluding hydrogens is 312 g/mol. The first kappa shape index (κ1) is 13.4. The van der Waals surface area contributed by atoms with Crippen LogP contribution in [0.2, 0.25) is 5.02 Å². The molecule has 0 saturated heterocycles. The van der Waals surface area contributed by atoms with Crippen molar-refractivity contribution in [3.63, 3.8) is 0 Å². The molecule has 0 amide bonds. The van der Waals surface area contributed by atoms with Gasteiger partial charge in [-0.1, -0.05) is 45.7 Å². The Bertz CT molecular complexity index is 537. The molecule has 0 spiro atoms. The maximum absolute atomic E-state index is 6.06. The average molecular weight is 326 g/mol. The zero-order valence-corrected chi connectivity index (χ0v) is 12.6. The highest BCUT2D eigenvalue weighted by Gasteiger charge is 2.13. The van der Waals surface area contributed by atoms with E-state index < -0.39 is 0 Å². The van der Waals surface area contributed by atoms with Crippen LogP contribution >= 0.6 is 27.5 Å². The summed E-state index contributed by atoms with van der Waals surface area (Å²) in [4.78, 5) is 0.141. The van der Waals surface area contributed by atoms with Crippen molar-refractivity contribution in [3.8, 4) is 5.75 Å². The lowest BCUT2D eigenvalue weighted by molar-refractivity contribution is 0.414. The molecule has 2 aromatic rings. The molecule has 2 aromatic carbocycles. The SMILES string of the molecule is COc1ccc(C(Br)c2cc(Cl)ccc2C)cc1. The number of halogens is 2. The number of aryl methyl sites for hydroxylation is 1. The van der Waals surface area contributed by atoms with Gasteiger partial charge in [0, 0.05) is 5.02 Å². The minimum atomic E-state index is 0.141. The van der Waals surface area contributed by atoms with Gasteiger partial charge in [0.15, 0.2) is 0 Å². The number of alkyl halides is 1. The number of benzene rings is 2. The first-order chi connectivity index (χ1) is 8.61. The first-order valence-electron chi connectivity index (χ1n) is 5.66. The lowest BCUT2D eigenvalue weighted by Gasteiger charge is -2.14. The predicted molar refractivity (Wildman–Crippen MR) is 80.0 cm³/mol. The zero-order valence-electron chi connectivity index (χ0n) is 10.3. The van der Waals surface area contributed by atoms with Gasteiger partial charge < -0.3 is 4.74 Å². The van der Waals surface area contributed by atoms with E-state index in [1.807, 2.05) is 30.3 Å². The molecule has 18 heavy (non-hydrogen) atoms. The van der Waals surface area contributed by atoms with Gasteiger partial charge in [-0.2, -0.15) is 0 Å². The second kappa shape index (κ2) is 5.77. The van der Waals surface area contributed by atoms with Crippen molar-refractivity contribution in [3.05, 3.63) is 64.2 Å². The summed E-state index contributed by atoms with van der Waals surface area (Å²) in [6.45, 7) is 2.09. The first-order valence-corrected chi connectivity index (χ1v) is 6.95. The molecule has 3 heteroatoms. The third-order valence-corrected chi connectivity index (χ3v) is 4.18. The fourth-order valence-electron chi connectivity index (χ4n) is 1.84. The normalized spacial score (nSPS) is 12.2. The Kier molecular flexibility index (Phi) is 4.31. The summed E-state index contributed by atoms with van der Waals surface area (Å²) in [5.74, 6) is 0.862. The van der Waals surface area contributed by atoms with Crippen molar-refractivity contribution >= 4 is 27.5 Å². The van der Waals surface area contributed by atoms with Crippen molar-refractivity contribution in [1.29, 1.82) is 0 Å². The summed E-state index contributed by atoms with van der Waals surface area (Å²) in [7, 11) is 1.67.